The molecule has 0 fully saturated rings. The van der Waals surface area contributed by atoms with Gasteiger partial charge in [-0.1, -0.05) is 49.4 Å². The van der Waals surface area contributed by atoms with Crippen molar-refractivity contribution in [1.29, 1.82) is 0 Å². The van der Waals surface area contributed by atoms with Crippen LogP contribution in [0, 0.1) is 0 Å². The lowest BCUT2D eigenvalue weighted by Crippen LogP contribution is -1.99. The zero-order valence-electron chi connectivity index (χ0n) is 10.4. The van der Waals surface area contributed by atoms with Crippen molar-refractivity contribution in [2.45, 2.75) is 32.1 Å². The zero-order chi connectivity index (χ0) is 12.1. The summed E-state index contributed by atoms with van der Waals surface area (Å²) in [5, 5.41) is 13.3. The van der Waals surface area contributed by atoms with Gasteiger partial charge in [-0.25, -0.2) is 5.11 Å². The third-order valence-electron chi connectivity index (χ3n) is 3.45. The Bertz CT molecular complexity index is 470. The Morgan fingerprint density at radius 3 is 2.59 bits per heavy atom. The molecule has 1 atom stereocenters. The zero-order valence-corrected chi connectivity index (χ0v) is 10.4. The molecule has 17 heavy (non-hydrogen) atoms. The minimum atomic E-state index is 0.0429. The predicted octanol–water partition coefficient (Wildman–Crippen LogP) is 4.54. The molecule has 0 aliphatic rings. The van der Waals surface area contributed by atoms with E-state index in [4.69, 9.17) is 0 Å². The standard InChI is InChI=1S/C16H19O/c1-2-13(9-6-12-17)15-11-5-8-14-7-3-4-10-16(14)15/h3-5,7-8,10-11,13H,2,6,9,12H2,1H3. The van der Waals surface area contributed by atoms with Crippen LogP contribution >= 0.6 is 0 Å². The molecule has 0 N–H and O–H groups in total. The average Bonchev–Trinajstić information content (AvgIpc) is 2.40. The summed E-state index contributed by atoms with van der Waals surface area (Å²) in [5.74, 6) is 0.523. The molecule has 89 valence electrons. The molecule has 0 saturated heterocycles. The summed E-state index contributed by atoms with van der Waals surface area (Å²) in [5.41, 5.74) is 1.40. The number of hydrogen-bond acceptors (Lipinski definition) is 0. The maximum absolute atomic E-state index is 10.6. The van der Waals surface area contributed by atoms with E-state index < -0.39 is 0 Å². The van der Waals surface area contributed by atoms with E-state index in [1.807, 2.05) is 0 Å². The maximum Gasteiger partial charge on any atom is 0.0822 e. The van der Waals surface area contributed by atoms with Crippen LogP contribution in [0.1, 0.15) is 37.7 Å². The second-order valence-corrected chi connectivity index (χ2v) is 4.52. The lowest BCUT2D eigenvalue weighted by atomic mass is 9.88. The Kier molecular flexibility index (Phi) is 4.16. The molecule has 0 amide bonds. The van der Waals surface area contributed by atoms with Crippen molar-refractivity contribution >= 4 is 10.8 Å². The van der Waals surface area contributed by atoms with Crippen molar-refractivity contribution in [1.82, 2.24) is 0 Å². The Labute approximate surface area is 103 Å². The molecule has 0 bridgehead atoms. The summed E-state index contributed by atoms with van der Waals surface area (Å²) in [7, 11) is 0. The third-order valence-corrected chi connectivity index (χ3v) is 3.45. The minimum Gasteiger partial charge on any atom is -0.237 e. The van der Waals surface area contributed by atoms with Gasteiger partial charge in [-0.3, -0.25) is 0 Å². The van der Waals surface area contributed by atoms with Crippen LogP contribution in [0.15, 0.2) is 42.5 Å². The average molecular weight is 227 g/mol. The van der Waals surface area contributed by atoms with Crippen LogP contribution in [0.2, 0.25) is 0 Å². The highest BCUT2D eigenvalue weighted by Gasteiger charge is 2.11. The molecule has 0 aliphatic carbocycles. The lowest BCUT2D eigenvalue weighted by Gasteiger charge is -2.17. The lowest BCUT2D eigenvalue weighted by molar-refractivity contribution is 0.184. The summed E-state index contributed by atoms with van der Waals surface area (Å²) >= 11 is 0. The van der Waals surface area contributed by atoms with Gasteiger partial charge in [0.1, 0.15) is 0 Å². The van der Waals surface area contributed by atoms with Crippen LogP contribution in [-0.4, -0.2) is 6.61 Å². The van der Waals surface area contributed by atoms with E-state index in [1.165, 1.54) is 16.3 Å². The monoisotopic (exact) mass is 227 g/mol. The van der Waals surface area contributed by atoms with Crippen molar-refractivity contribution < 1.29 is 5.11 Å². The molecule has 1 radical (unpaired) electrons. The molecule has 0 saturated carbocycles. The molecular weight excluding hydrogens is 208 g/mol. The van der Waals surface area contributed by atoms with E-state index in [-0.39, 0.29) is 6.61 Å². The van der Waals surface area contributed by atoms with Gasteiger partial charge >= 0.3 is 0 Å². The second kappa shape index (κ2) is 5.83. The van der Waals surface area contributed by atoms with Crippen LogP contribution in [0.4, 0.5) is 0 Å². The molecule has 0 spiro atoms. The number of rotatable bonds is 5. The van der Waals surface area contributed by atoms with Crippen molar-refractivity contribution in [2.75, 3.05) is 6.61 Å². The highest BCUT2D eigenvalue weighted by atomic mass is 16.2. The van der Waals surface area contributed by atoms with E-state index in [0.717, 1.165) is 19.3 Å². The van der Waals surface area contributed by atoms with Crippen LogP contribution in [0.25, 0.3) is 10.8 Å². The van der Waals surface area contributed by atoms with Crippen LogP contribution < -0.4 is 0 Å². The quantitative estimate of drug-likeness (QED) is 0.714. The van der Waals surface area contributed by atoms with Gasteiger partial charge in [-0.05, 0) is 41.5 Å². The van der Waals surface area contributed by atoms with Gasteiger partial charge < -0.3 is 0 Å². The van der Waals surface area contributed by atoms with Gasteiger partial charge in [0.15, 0.2) is 0 Å². The number of hydrogen-bond donors (Lipinski definition) is 0. The van der Waals surface area contributed by atoms with Gasteiger partial charge in [0.05, 0.1) is 6.61 Å². The molecule has 2 rings (SSSR count). The first-order chi connectivity index (χ1) is 8.36. The topological polar surface area (TPSA) is 19.9 Å². The maximum atomic E-state index is 10.6. The Balaban J connectivity index is 2.38. The molecule has 0 aliphatic heterocycles. The summed E-state index contributed by atoms with van der Waals surface area (Å²) in [6, 6.07) is 15.0. The second-order valence-electron chi connectivity index (χ2n) is 4.52. The SMILES string of the molecule is CCC(CCC[O])c1cccc2ccccc12. The van der Waals surface area contributed by atoms with Crippen molar-refractivity contribution in [3.63, 3.8) is 0 Å². The fraction of sp³-hybridized carbons (Fsp3) is 0.375. The molecule has 1 heteroatoms. The van der Waals surface area contributed by atoms with Crippen molar-refractivity contribution in [2.24, 2.45) is 0 Å². The Morgan fingerprint density at radius 1 is 1.06 bits per heavy atom. The Hall–Kier alpha value is -1.34. The first-order valence-corrected chi connectivity index (χ1v) is 6.42. The van der Waals surface area contributed by atoms with E-state index in [1.54, 1.807) is 0 Å². The smallest absolute Gasteiger partial charge is 0.0822 e. The van der Waals surface area contributed by atoms with E-state index in [2.05, 4.69) is 49.4 Å². The first kappa shape index (κ1) is 12.1. The van der Waals surface area contributed by atoms with E-state index >= 15 is 0 Å². The van der Waals surface area contributed by atoms with Crippen LogP contribution in [-0.2, 0) is 5.11 Å². The van der Waals surface area contributed by atoms with Gasteiger partial charge in [0.2, 0.25) is 0 Å². The summed E-state index contributed by atoms with van der Waals surface area (Å²) in [4.78, 5) is 0. The largest absolute Gasteiger partial charge is 0.237 e. The fourth-order valence-corrected chi connectivity index (χ4v) is 2.52. The first-order valence-electron chi connectivity index (χ1n) is 6.42. The molecule has 2 aromatic rings. The van der Waals surface area contributed by atoms with Crippen molar-refractivity contribution in [3.8, 4) is 0 Å². The van der Waals surface area contributed by atoms with Crippen LogP contribution in [0.3, 0.4) is 0 Å². The van der Waals surface area contributed by atoms with Gasteiger partial charge in [0, 0.05) is 0 Å². The van der Waals surface area contributed by atoms with Crippen LogP contribution in [0.5, 0.6) is 0 Å². The summed E-state index contributed by atoms with van der Waals surface area (Å²) in [6.45, 7) is 2.25. The molecule has 1 unspecified atom stereocenters. The summed E-state index contributed by atoms with van der Waals surface area (Å²) in [6.07, 6.45) is 2.89. The fourth-order valence-electron chi connectivity index (χ4n) is 2.52. The van der Waals surface area contributed by atoms with E-state index in [0.29, 0.717) is 5.92 Å². The molecular formula is C16H19O. The molecule has 0 aromatic heterocycles. The van der Waals surface area contributed by atoms with Gasteiger partial charge in [-0.15, -0.1) is 0 Å². The van der Waals surface area contributed by atoms with Crippen molar-refractivity contribution in [3.05, 3.63) is 48.0 Å². The van der Waals surface area contributed by atoms with Gasteiger partial charge in [-0.2, -0.15) is 0 Å². The highest BCUT2D eigenvalue weighted by Crippen LogP contribution is 2.30. The number of fused-ring (bicyclic) bond motifs is 1. The van der Waals surface area contributed by atoms with E-state index in [9.17, 15) is 5.11 Å². The summed E-state index contributed by atoms with van der Waals surface area (Å²) < 4.78 is 0. The molecule has 2 aromatic carbocycles. The molecule has 0 heterocycles. The van der Waals surface area contributed by atoms with Gasteiger partial charge in [0.25, 0.3) is 0 Å². The normalized spacial score (nSPS) is 12.8. The minimum absolute atomic E-state index is 0.0429. The Morgan fingerprint density at radius 2 is 1.82 bits per heavy atom. The third kappa shape index (κ3) is 2.67. The predicted molar refractivity (Wildman–Crippen MR) is 71.8 cm³/mol. The molecule has 1 nitrogen and oxygen atoms in total. The number of benzene rings is 2. The highest BCUT2D eigenvalue weighted by molar-refractivity contribution is 5.86.